The molecular weight excluding hydrogens is 800 g/mol. The van der Waals surface area contributed by atoms with Crippen LogP contribution in [-0.2, 0) is 30.8 Å². The molecule has 4 amide bonds. The molecule has 298 valence electrons. The number of anilines is 2. The summed E-state index contributed by atoms with van der Waals surface area (Å²) in [6.45, 7) is 0. The van der Waals surface area contributed by atoms with Gasteiger partial charge in [0.2, 0.25) is 17.6 Å². The quantitative estimate of drug-likeness (QED) is 0.134. The molecule has 8 rings (SSSR count). The third-order valence-electron chi connectivity index (χ3n) is 11.6. The predicted molar refractivity (Wildman–Crippen MR) is 207 cm³/mol. The van der Waals surface area contributed by atoms with E-state index in [-0.39, 0.29) is 41.8 Å². The van der Waals surface area contributed by atoms with E-state index in [1.807, 2.05) is 6.08 Å². The van der Waals surface area contributed by atoms with Gasteiger partial charge >= 0.3 is 6.18 Å². The number of hydrazine groups is 1. The minimum Gasteiger partial charge on any atom is -0.502 e. The zero-order valence-corrected chi connectivity index (χ0v) is 32.2. The van der Waals surface area contributed by atoms with Crippen molar-refractivity contribution in [3.8, 4) is 17.2 Å². The molecule has 0 bridgehead atoms. The Balaban J connectivity index is 1.31. The van der Waals surface area contributed by atoms with Crippen molar-refractivity contribution in [2.24, 2.45) is 29.6 Å². The van der Waals surface area contributed by atoms with Gasteiger partial charge in [-0.1, -0.05) is 77.3 Å². The van der Waals surface area contributed by atoms with Crippen molar-refractivity contribution >= 4 is 64.4 Å². The van der Waals surface area contributed by atoms with Gasteiger partial charge in [-0.25, -0.2) is 4.98 Å². The average molecular weight is 834 g/mol. The number of hydrogen-bond acceptors (Lipinski definition) is 9. The summed E-state index contributed by atoms with van der Waals surface area (Å²) in [6.07, 6.45) is 1.19. The summed E-state index contributed by atoms with van der Waals surface area (Å²) in [5.41, 5.74) is 1.70. The molecule has 11 nitrogen and oxygen atoms in total. The van der Waals surface area contributed by atoms with Gasteiger partial charge in [0.25, 0.3) is 11.8 Å². The van der Waals surface area contributed by atoms with Crippen molar-refractivity contribution in [2.75, 3.05) is 24.5 Å². The maximum Gasteiger partial charge on any atom is 0.417 e. The Labute approximate surface area is 339 Å². The monoisotopic (exact) mass is 832 g/mol. The fraction of sp³-hybridized carbons (Fsp3) is 0.262. The molecular formula is C42H33Cl2F3N4O7. The first-order valence-electron chi connectivity index (χ1n) is 18.1. The van der Waals surface area contributed by atoms with Gasteiger partial charge in [0, 0.05) is 17.1 Å². The number of nitrogens with zero attached hydrogens (tertiary/aromatic N) is 3. The zero-order valence-electron chi connectivity index (χ0n) is 30.7. The van der Waals surface area contributed by atoms with Gasteiger partial charge in [0.05, 0.1) is 53.7 Å². The number of hydrogen-bond donors (Lipinski definition) is 2. The van der Waals surface area contributed by atoms with Gasteiger partial charge in [-0.2, -0.15) is 18.2 Å². The highest BCUT2D eigenvalue weighted by Crippen LogP contribution is 2.62. The molecule has 0 spiro atoms. The topological polar surface area (TPSA) is 138 Å². The molecule has 0 unspecified atom stereocenters. The Morgan fingerprint density at radius 3 is 2.21 bits per heavy atom. The average Bonchev–Trinajstić information content (AvgIpc) is 3.59. The van der Waals surface area contributed by atoms with Crippen LogP contribution in [0.1, 0.15) is 29.5 Å². The highest BCUT2D eigenvalue weighted by molar-refractivity contribution is 6.33. The van der Waals surface area contributed by atoms with E-state index in [1.165, 1.54) is 19.1 Å². The van der Waals surface area contributed by atoms with Crippen LogP contribution in [0.25, 0.3) is 6.08 Å². The molecule has 3 aromatic carbocycles. The highest BCUT2D eigenvalue weighted by Gasteiger charge is 2.69. The van der Waals surface area contributed by atoms with Crippen LogP contribution >= 0.6 is 23.2 Å². The molecule has 2 aliphatic carbocycles. The molecule has 58 heavy (non-hydrogen) atoms. The Kier molecular flexibility index (Phi) is 9.75. The van der Waals surface area contributed by atoms with E-state index in [4.69, 9.17) is 32.7 Å². The number of pyridine rings is 1. The number of nitrogens with one attached hydrogen (secondary N) is 1. The second kappa shape index (κ2) is 14.5. The number of aromatic nitrogens is 1. The summed E-state index contributed by atoms with van der Waals surface area (Å²) < 4.78 is 51.3. The molecule has 2 aliphatic heterocycles. The number of aromatic hydroxyl groups is 1. The number of allylic oxidation sites excluding steroid dienone is 3. The van der Waals surface area contributed by atoms with Crippen LogP contribution in [-0.4, -0.2) is 52.9 Å². The minimum atomic E-state index is -4.76. The van der Waals surface area contributed by atoms with Crippen molar-refractivity contribution in [3.63, 3.8) is 0 Å². The number of para-hydroxylation sites is 1. The number of carbonyl (C=O) groups excluding carboxylic acids is 4. The van der Waals surface area contributed by atoms with Crippen LogP contribution in [0.3, 0.4) is 0 Å². The first kappa shape index (κ1) is 39.0. The number of phenols is 1. The molecule has 16 heteroatoms. The lowest BCUT2D eigenvalue weighted by molar-refractivity contribution is -0.139. The Hall–Kier alpha value is -5.86. The summed E-state index contributed by atoms with van der Waals surface area (Å²) in [5, 5.41) is 11.2. The van der Waals surface area contributed by atoms with Crippen molar-refractivity contribution in [1.82, 2.24) is 9.99 Å². The number of halogens is 5. The molecule has 3 fully saturated rings. The number of benzene rings is 3. The molecule has 4 aliphatic rings. The van der Waals surface area contributed by atoms with Crippen molar-refractivity contribution < 1.29 is 46.9 Å². The maximum absolute atomic E-state index is 15.3. The van der Waals surface area contributed by atoms with Crippen molar-refractivity contribution in [2.45, 2.75) is 24.4 Å². The first-order chi connectivity index (χ1) is 27.7. The predicted octanol–water partition coefficient (Wildman–Crippen LogP) is 7.87. The lowest BCUT2D eigenvalue weighted by Gasteiger charge is -2.49. The van der Waals surface area contributed by atoms with Crippen molar-refractivity contribution in [1.29, 1.82) is 0 Å². The lowest BCUT2D eigenvalue weighted by atomic mass is 9.50. The number of alkyl halides is 3. The third-order valence-corrected chi connectivity index (χ3v) is 12.2. The maximum atomic E-state index is 15.3. The molecule has 1 saturated carbocycles. The van der Waals surface area contributed by atoms with E-state index < -0.39 is 69.5 Å². The van der Waals surface area contributed by atoms with Crippen LogP contribution in [0.2, 0.25) is 10.0 Å². The van der Waals surface area contributed by atoms with Crippen LogP contribution in [0.5, 0.6) is 17.2 Å². The Morgan fingerprint density at radius 2 is 1.59 bits per heavy atom. The van der Waals surface area contributed by atoms with E-state index in [0.717, 1.165) is 5.01 Å². The van der Waals surface area contributed by atoms with Gasteiger partial charge in [0.1, 0.15) is 0 Å². The summed E-state index contributed by atoms with van der Waals surface area (Å²) in [6, 6.07) is 18.7. The number of imide groups is 2. The second-order valence-electron chi connectivity index (χ2n) is 14.4. The molecule has 0 radical (unpaired) electrons. The van der Waals surface area contributed by atoms with E-state index in [2.05, 4.69) is 10.4 Å². The number of phenolic OH excluding ortho intramolecular Hbond substituents is 1. The van der Waals surface area contributed by atoms with Gasteiger partial charge in [-0.15, -0.1) is 0 Å². The fourth-order valence-corrected chi connectivity index (χ4v) is 9.41. The summed E-state index contributed by atoms with van der Waals surface area (Å²) in [7, 11) is 2.75. The summed E-state index contributed by atoms with van der Waals surface area (Å²) in [5.74, 6) is -7.18. The van der Waals surface area contributed by atoms with Crippen molar-refractivity contribution in [3.05, 3.63) is 123 Å². The number of ether oxygens (including phenoxy) is 2. The molecule has 4 aromatic rings. The molecule has 3 heterocycles. The summed E-state index contributed by atoms with van der Waals surface area (Å²) >= 11 is 12.6. The van der Waals surface area contributed by atoms with E-state index >= 15 is 4.79 Å². The molecule has 2 saturated heterocycles. The van der Waals surface area contributed by atoms with Crippen LogP contribution in [0.4, 0.5) is 24.7 Å². The number of fused-ring (bicyclic) bond motifs is 4. The second-order valence-corrected chi connectivity index (χ2v) is 15.3. The lowest BCUT2D eigenvalue weighted by Crippen LogP contribution is -2.54. The van der Waals surface area contributed by atoms with E-state index in [0.29, 0.717) is 39.7 Å². The highest BCUT2D eigenvalue weighted by atomic mass is 35.5. The normalized spacial score (nSPS) is 25.4. The fourth-order valence-electron chi connectivity index (χ4n) is 9.08. The van der Waals surface area contributed by atoms with Gasteiger partial charge in [0.15, 0.2) is 17.3 Å². The van der Waals surface area contributed by atoms with Crippen LogP contribution in [0, 0.1) is 29.6 Å². The number of rotatable bonds is 8. The molecule has 2 N–H and O–H groups in total. The van der Waals surface area contributed by atoms with Gasteiger partial charge in [-0.05, 0) is 72.4 Å². The first-order valence-corrected chi connectivity index (χ1v) is 18.9. The third kappa shape index (κ3) is 6.08. The van der Waals surface area contributed by atoms with Crippen LogP contribution < -0.4 is 19.8 Å². The van der Waals surface area contributed by atoms with Crippen LogP contribution in [0.15, 0.2) is 96.7 Å². The molecule has 1 aromatic heterocycles. The van der Waals surface area contributed by atoms with Gasteiger partial charge in [-0.3, -0.25) is 29.5 Å². The number of carbonyl (C=O) groups is 4. The number of amides is 4. The SMILES string of the molecule is COc1cc(C=C[C@H]2C3=CC[C@@H]4C(=O)N(c5ccccc5)C(=O)[C@@H]4[C@@H]3C[C@H]3C(=O)N(Nc4ncc(C(F)(F)F)cc4Cl)C(=O)[C@@]23c2ccc(Cl)cc2)cc(OC)c1O. The summed E-state index contributed by atoms with van der Waals surface area (Å²) in [4.78, 5) is 63.6. The Bertz CT molecular complexity index is 2400. The zero-order chi connectivity index (χ0) is 41.3. The minimum absolute atomic E-state index is 0.0423. The Morgan fingerprint density at radius 1 is 0.914 bits per heavy atom. The van der Waals surface area contributed by atoms with Gasteiger partial charge < -0.3 is 14.6 Å². The van der Waals surface area contributed by atoms with E-state index in [9.17, 15) is 32.7 Å². The standard InChI is InChI=1S/C42H33Cl2F3N4O7/c1-57-32-16-21(17-33(58-2)35(32)52)8-15-29-26-13-14-27-34(39(55)50(37(27)53)25-6-4-3-5-7-25)28(26)19-30-38(54)51(40(56)41(29,30)22-9-11-24(43)12-10-22)49-36-31(44)18-23(20-48-36)42(45,46)47/h3-13,15-18,20,27-30,34,52H,14,19H2,1-2H3,(H,48,49)/t27-,28+,29-,30-,34-,41-/m0/s1. The van der Waals surface area contributed by atoms with E-state index in [1.54, 1.807) is 78.9 Å². The number of methoxy groups -OCH3 is 2. The largest absolute Gasteiger partial charge is 0.502 e. The smallest absolute Gasteiger partial charge is 0.417 e. The molecule has 6 atom stereocenters.